The molecule has 0 radical (unpaired) electrons. The minimum atomic E-state index is -0.00713. The van der Waals surface area contributed by atoms with E-state index in [2.05, 4.69) is 20.6 Å². The molecule has 0 atom stereocenters. The summed E-state index contributed by atoms with van der Waals surface area (Å²) in [6.07, 6.45) is 4.30. The van der Waals surface area contributed by atoms with Gasteiger partial charge in [-0.2, -0.15) is 5.26 Å². The van der Waals surface area contributed by atoms with Gasteiger partial charge >= 0.3 is 0 Å². The monoisotopic (exact) mass is 151 g/mol. The van der Waals surface area contributed by atoms with Crippen LogP contribution in [0.4, 0.5) is 0 Å². The van der Waals surface area contributed by atoms with Gasteiger partial charge < -0.3 is 5.73 Å². The summed E-state index contributed by atoms with van der Waals surface area (Å²) in [4.78, 5) is 3.21. The SMILES string of the molecule is N#CN=C(N)Nn1cnnc1. The zero-order valence-corrected chi connectivity index (χ0v) is 5.47. The molecule has 1 heterocycles. The van der Waals surface area contributed by atoms with Gasteiger partial charge in [0.15, 0.2) is 0 Å². The third-order valence-corrected chi connectivity index (χ3v) is 0.833. The summed E-state index contributed by atoms with van der Waals surface area (Å²) in [6, 6.07) is 0. The first kappa shape index (κ1) is 7.01. The van der Waals surface area contributed by atoms with Gasteiger partial charge in [-0.1, -0.05) is 0 Å². The Morgan fingerprint density at radius 2 is 2.27 bits per heavy atom. The van der Waals surface area contributed by atoms with Gasteiger partial charge in [0.05, 0.1) is 0 Å². The molecule has 0 aliphatic heterocycles. The Balaban J connectivity index is 2.58. The van der Waals surface area contributed by atoms with Crippen molar-refractivity contribution < 1.29 is 0 Å². The predicted octanol–water partition coefficient (Wildman–Crippen LogP) is -1.38. The van der Waals surface area contributed by atoms with E-state index in [1.807, 2.05) is 0 Å². The number of nitriles is 1. The molecule has 1 aromatic heterocycles. The minimum Gasteiger partial charge on any atom is -0.368 e. The summed E-state index contributed by atoms with van der Waals surface area (Å²) in [5, 5.41) is 15.1. The van der Waals surface area contributed by atoms with Crippen molar-refractivity contribution in [2.24, 2.45) is 10.7 Å². The van der Waals surface area contributed by atoms with Crippen LogP contribution in [0, 0.1) is 11.5 Å². The molecule has 7 nitrogen and oxygen atoms in total. The van der Waals surface area contributed by atoms with Gasteiger partial charge in [0.2, 0.25) is 12.2 Å². The Morgan fingerprint density at radius 1 is 1.64 bits per heavy atom. The number of nitrogens with one attached hydrogen (secondary N) is 1. The number of nitrogens with two attached hydrogens (primary N) is 1. The fourth-order valence-corrected chi connectivity index (χ4v) is 0.470. The first-order chi connectivity index (χ1) is 5.33. The van der Waals surface area contributed by atoms with Crippen LogP contribution >= 0.6 is 0 Å². The molecule has 0 aliphatic rings. The van der Waals surface area contributed by atoms with Crippen molar-refractivity contribution in [3.05, 3.63) is 12.7 Å². The lowest BCUT2D eigenvalue weighted by Gasteiger charge is -2.00. The van der Waals surface area contributed by atoms with E-state index in [0.717, 1.165) is 0 Å². The van der Waals surface area contributed by atoms with Crippen molar-refractivity contribution in [2.75, 3.05) is 5.43 Å². The molecule has 1 rings (SSSR count). The molecule has 0 aliphatic carbocycles. The van der Waals surface area contributed by atoms with E-state index in [1.165, 1.54) is 23.5 Å². The highest BCUT2D eigenvalue weighted by atomic mass is 15.5. The summed E-state index contributed by atoms with van der Waals surface area (Å²) in [6.45, 7) is 0. The summed E-state index contributed by atoms with van der Waals surface area (Å²) < 4.78 is 1.37. The lowest BCUT2D eigenvalue weighted by Crippen LogP contribution is -2.29. The number of rotatable bonds is 1. The van der Waals surface area contributed by atoms with Crippen LogP contribution in [0.3, 0.4) is 0 Å². The topological polar surface area (TPSA) is 105 Å². The van der Waals surface area contributed by atoms with Crippen LogP contribution in [0.25, 0.3) is 0 Å². The van der Waals surface area contributed by atoms with Gasteiger partial charge in [0, 0.05) is 0 Å². The van der Waals surface area contributed by atoms with Crippen LogP contribution in [0.5, 0.6) is 0 Å². The quantitative estimate of drug-likeness (QED) is 0.292. The normalized spacial score (nSPS) is 10.6. The Bertz CT molecular complexity index is 278. The van der Waals surface area contributed by atoms with Crippen molar-refractivity contribution in [1.82, 2.24) is 14.9 Å². The summed E-state index contributed by atoms with van der Waals surface area (Å²) >= 11 is 0. The van der Waals surface area contributed by atoms with Crippen LogP contribution in [0.15, 0.2) is 17.6 Å². The molecule has 0 fully saturated rings. The van der Waals surface area contributed by atoms with Gasteiger partial charge in [-0.25, -0.2) is 4.68 Å². The number of guanidine groups is 1. The van der Waals surface area contributed by atoms with Crippen LogP contribution in [0.1, 0.15) is 0 Å². The van der Waals surface area contributed by atoms with Crippen molar-refractivity contribution in [3.63, 3.8) is 0 Å². The maximum absolute atomic E-state index is 8.07. The zero-order chi connectivity index (χ0) is 8.10. The highest BCUT2D eigenvalue weighted by Crippen LogP contribution is 1.73. The van der Waals surface area contributed by atoms with E-state index in [1.54, 1.807) is 0 Å². The first-order valence-corrected chi connectivity index (χ1v) is 2.67. The van der Waals surface area contributed by atoms with Crippen molar-refractivity contribution in [2.45, 2.75) is 0 Å². The van der Waals surface area contributed by atoms with Gasteiger partial charge in [0.25, 0.3) is 0 Å². The zero-order valence-electron chi connectivity index (χ0n) is 5.47. The molecule has 0 aromatic carbocycles. The number of hydrogen-bond acceptors (Lipinski definition) is 4. The van der Waals surface area contributed by atoms with Crippen LogP contribution < -0.4 is 11.2 Å². The second-order valence-electron chi connectivity index (χ2n) is 1.58. The molecule has 11 heavy (non-hydrogen) atoms. The lowest BCUT2D eigenvalue weighted by molar-refractivity contribution is 0.962. The Kier molecular flexibility index (Phi) is 2.02. The van der Waals surface area contributed by atoms with Gasteiger partial charge in [-0.3, -0.25) is 5.43 Å². The Labute approximate surface area is 62.1 Å². The third-order valence-electron chi connectivity index (χ3n) is 0.833. The average molecular weight is 151 g/mol. The van der Waals surface area contributed by atoms with Crippen LogP contribution in [-0.4, -0.2) is 20.8 Å². The molecule has 1 aromatic rings. The molecule has 3 N–H and O–H groups in total. The van der Waals surface area contributed by atoms with E-state index in [-0.39, 0.29) is 5.96 Å². The Morgan fingerprint density at radius 3 is 2.82 bits per heavy atom. The highest BCUT2D eigenvalue weighted by molar-refractivity contribution is 5.86. The second kappa shape index (κ2) is 3.17. The Hall–Kier alpha value is -2.10. The molecule has 0 bridgehead atoms. The largest absolute Gasteiger partial charge is 0.368 e. The van der Waals surface area contributed by atoms with Crippen LogP contribution in [-0.2, 0) is 0 Å². The summed E-state index contributed by atoms with van der Waals surface area (Å²) in [5.41, 5.74) is 7.74. The first-order valence-electron chi connectivity index (χ1n) is 2.67. The average Bonchev–Trinajstić information content (AvgIpc) is 2.40. The van der Waals surface area contributed by atoms with E-state index in [4.69, 9.17) is 11.0 Å². The summed E-state index contributed by atoms with van der Waals surface area (Å²) in [7, 11) is 0. The van der Waals surface area contributed by atoms with E-state index >= 15 is 0 Å². The molecule has 0 saturated heterocycles. The van der Waals surface area contributed by atoms with E-state index in [0.29, 0.717) is 0 Å². The lowest BCUT2D eigenvalue weighted by atomic mass is 11.0. The number of aliphatic imine (C=N–C) groups is 1. The highest BCUT2D eigenvalue weighted by Gasteiger charge is 1.90. The van der Waals surface area contributed by atoms with Crippen molar-refractivity contribution in [1.29, 1.82) is 5.26 Å². The molecule has 7 heteroatoms. The smallest absolute Gasteiger partial charge is 0.223 e. The number of nitrogens with zero attached hydrogens (tertiary/aromatic N) is 5. The second-order valence-corrected chi connectivity index (χ2v) is 1.58. The minimum absolute atomic E-state index is 0.00713. The molecule has 0 saturated carbocycles. The maximum atomic E-state index is 8.07. The van der Waals surface area contributed by atoms with Gasteiger partial charge in [-0.15, -0.1) is 15.2 Å². The van der Waals surface area contributed by atoms with Crippen molar-refractivity contribution in [3.8, 4) is 6.19 Å². The molecule has 56 valence electrons. The summed E-state index contributed by atoms with van der Waals surface area (Å²) in [5.74, 6) is -0.00713. The molecular weight excluding hydrogens is 146 g/mol. The molecule has 0 spiro atoms. The molecule has 0 amide bonds. The fraction of sp³-hybridized carbons (Fsp3) is 0. The third kappa shape index (κ3) is 1.94. The van der Waals surface area contributed by atoms with Gasteiger partial charge in [0.1, 0.15) is 12.7 Å². The molecular formula is C4H5N7. The predicted molar refractivity (Wildman–Crippen MR) is 36.6 cm³/mol. The fourth-order valence-electron chi connectivity index (χ4n) is 0.470. The standard InChI is InChI=1S/C4H5N7/c5-1-7-4(6)10-11-2-8-9-3-11/h2-3H,(H3,6,7,10). The van der Waals surface area contributed by atoms with Gasteiger partial charge in [-0.05, 0) is 0 Å². The maximum Gasteiger partial charge on any atom is 0.223 e. The number of aromatic nitrogens is 3. The van der Waals surface area contributed by atoms with E-state index in [9.17, 15) is 0 Å². The van der Waals surface area contributed by atoms with Crippen molar-refractivity contribution >= 4 is 5.96 Å². The number of hydrogen-bond donors (Lipinski definition) is 2. The van der Waals surface area contributed by atoms with E-state index < -0.39 is 0 Å². The molecule has 0 unspecified atom stereocenters. The van der Waals surface area contributed by atoms with Crippen LogP contribution in [0.2, 0.25) is 0 Å².